The first kappa shape index (κ1) is 14.8. The van der Waals surface area contributed by atoms with Crippen molar-refractivity contribution in [1.82, 2.24) is 9.38 Å². The molecule has 2 aromatic carbocycles. The van der Waals surface area contributed by atoms with Crippen molar-refractivity contribution in [1.29, 1.82) is 5.26 Å². The lowest BCUT2D eigenvalue weighted by Crippen LogP contribution is -2.30. The number of aromatic amines is 1. The highest BCUT2D eigenvalue weighted by molar-refractivity contribution is 6.36. The van der Waals surface area contributed by atoms with Crippen molar-refractivity contribution in [3.8, 4) is 6.07 Å². The molecule has 3 heterocycles. The van der Waals surface area contributed by atoms with Crippen LogP contribution < -0.4 is 4.90 Å². The van der Waals surface area contributed by atoms with Gasteiger partial charge in [-0.1, -0.05) is 29.8 Å². The van der Waals surface area contributed by atoms with E-state index < -0.39 is 11.8 Å². The van der Waals surface area contributed by atoms with Gasteiger partial charge in [0.25, 0.3) is 11.8 Å². The van der Waals surface area contributed by atoms with E-state index >= 15 is 0 Å². The molecule has 0 spiro atoms. The van der Waals surface area contributed by atoms with Crippen LogP contribution in [0.25, 0.3) is 16.7 Å². The average molecular weight is 361 g/mol. The SMILES string of the molecule is N#Cc1c2c(n3c1[nH]c1ccccc13)C(=O)N(c1cccc(Cl)c1)C2=O. The summed E-state index contributed by atoms with van der Waals surface area (Å²) in [4.78, 5) is 30.3. The molecular weight excluding hydrogens is 352 g/mol. The number of carbonyl (C=O) groups excluding carboxylic acids is 2. The standard InChI is InChI=1S/C19H9ClN4O2/c20-10-4-3-5-11(8-10)23-18(25)15-12(9-21)17-22-13-6-1-2-7-14(13)24(17)16(15)19(23)26/h1-8,22H. The third-order valence-electron chi connectivity index (χ3n) is 4.57. The fraction of sp³-hybridized carbons (Fsp3) is 0. The minimum Gasteiger partial charge on any atom is -0.338 e. The number of benzene rings is 2. The number of anilines is 1. The summed E-state index contributed by atoms with van der Waals surface area (Å²) < 4.78 is 1.65. The molecule has 0 atom stereocenters. The molecule has 2 amide bonds. The Balaban J connectivity index is 1.85. The maximum atomic E-state index is 13.1. The summed E-state index contributed by atoms with van der Waals surface area (Å²) in [5.41, 5.74) is 2.82. The number of amides is 2. The second kappa shape index (κ2) is 4.97. The predicted molar refractivity (Wildman–Crippen MR) is 96.6 cm³/mol. The van der Waals surface area contributed by atoms with Crippen molar-refractivity contribution in [2.75, 3.05) is 4.90 Å². The van der Waals surface area contributed by atoms with Gasteiger partial charge in [0.05, 0.1) is 22.3 Å². The van der Waals surface area contributed by atoms with E-state index in [2.05, 4.69) is 11.1 Å². The summed E-state index contributed by atoms with van der Waals surface area (Å²) in [6.45, 7) is 0. The summed E-state index contributed by atoms with van der Waals surface area (Å²) in [7, 11) is 0. The average Bonchev–Trinajstić information content (AvgIpc) is 3.22. The lowest BCUT2D eigenvalue weighted by Gasteiger charge is -2.14. The highest BCUT2D eigenvalue weighted by Gasteiger charge is 2.43. The van der Waals surface area contributed by atoms with Crippen LogP contribution in [0.1, 0.15) is 26.4 Å². The predicted octanol–water partition coefficient (Wildman–Crippen LogP) is 3.75. The van der Waals surface area contributed by atoms with Gasteiger partial charge in [0.15, 0.2) is 0 Å². The molecule has 0 bridgehead atoms. The molecule has 0 saturated heterocycles. The zero-order chi connectivity index (χ0) is 18.0. The number of nitriles is 1. The van der Waals surface area contributed by atoms with Gasteiger partial charge in [-0.3, -0.25) is 14.0 Å². The van der Waals surface area contributed by atoms with Crippen LogP contribution in [0.5, 0.6) is 0 Å². The molecule has 5 rings (SSSR count). The minimum absolute atomic E-state index is 0.120. The smallest absolute Gasteiger partial charge is 0.283 e. The van der Waals surface area contributed by atoms with Crippen molar-refractivity contribution in [3.05, 3.63) is 70.4 Å². The van der Waals surface area contributed by atoms with Crippen LogP contribution in [0.2, 0.25) is 5.02 Å². The Labute approximate surface area is 151 Å². The Morgan fingerprint density at radius 1 is 1.04 bits per heavy atom. The van der Waals surface area contributed by atoms with E-state index in [1.165, 1.54) is 0 Å². The molecule has 6 nitrogen and oxygen atoms in total. The third kappa shape index (κ3) is 1.70. The summed E-state index contributed by atoms with van der Waals surface area (Å²) in [5, 5.41) is 10.0. The van der Waals surface area contributed by atoms with Crippen LogP contribution in [0.3, 0.4) is 0 Å². The molecule has 0 fully saturated rings. The number of aromatic nitrogens is 2. The number of nitrogens with zero attached hydrogens (tertiary/aromatic N) is 3. The molecule has 0 saturated carbocycles. The fourth-order valence-corrected chi connectivity index (χ4v) is 3.70. The van der Waals surface area contributed by atoms with Gasteiger partial charge in [-0.25, -0.2) is 4.90 Å². The van der Waals surface area contributed by atoms with E-state index in [0.29, 0.717) is 16.4 Å². The van der Waals surface area contributed by atoms with Crippen molar-refractivity contribution in [2.24, 2.45) is 0 Å². The van der Waals surface area contributed by atoms with Gasteiger partial charge in [-0.2, -0.15) is 5.26 Å². The maximum absolute atomic E-state index is 13.1. The zero-order valence-corrected chi connectivity index (χ0v) is 13.9. The van der Waals surface area contributed by atoms with E-state index in [-0.39, 0.29) is 16.8 Å². The molecule has 1 N–H and O–H groups in total. The van der Waals surface area contributed by atoms with Crippen LogP contribution in [-0.4, -0.2) is 21.2 Å². The number of H-pyrrole nitrogens is 1. The number of rotatable bonds is 1. The number of imide groups is 1. The first-order valence-corrected chi connectivity index (χ1v) is 8.19. The first-order valence-electron chi connectivity index (χ1n) is 7.81. The molecule has 0 radical (unpaired) electrons. The van der Waals surface area contributed by atoms with Gasteiger partial charge < -0.3 is 4.98 Å². The highest BCUT2D eigenvalue weighted by atomic mass is 35.5. The molecule has 2 aromatic heterocycles. The Morgan fingerprint density at radius 2 is 1.85 bits per heavy atom. The largest absolute Gasteiger partial charge is 0.338 e. The van der Waals surface area contributed by atoms with E-state index in [0.717, 1.165) is 15.9 Å². The quantitative estimate of drug-likeness (QED) is 0.525. The third-order valence-corrected chi connectivity index (χ3v) is 4.80. The molecule has 0 unspecified atom stereocenters. The van der Waals surface area contributed by atoms with Crippen molar-refractivity contribution in [3.63, 3.8) is 0 Å². The monoisotopic (exact) mass is 360 g/mol. The number of nitrogens with one attached hydrogen (secondary N) is 1. The molecule has 4 aromatic rings. The second-order valence-corrected chi connectivity index (χ2v) is 6.40. The van der Waals surface area contributed by atoms with E-state index in [1.807, 2.05) is 24.3 Å². The van der Waals surface area contributed by atoms with Crippen LogP contribution in [0, 0.1) is 11.3 Å². The minimum atomic E-state index is -0.523. The van der Waals surface area contributed by atoms with Crippen LogP contribution in [-0.2, 0) is 0 Å². The summed E-state index contributed by atoms with van der Waals surface area (Å²) in [5.74, 6) is -1.00. The van der Waals surface area contributed by atoms with Crippen molar-refractivity contribution < 1.29 is 9.59 Å². The van der Waals surface area contributed by atoms with Gasteiger partial charge in [-0.15, -0.1) is 0 Å². The van der Waals surface area contributed by atoms with E-state index in [4.69, 9.17) is 11.6 Å². The van der Waals surface area contributed by atoms with Gasteiger partial charge in [0.1, 0.15) is 23.0 Å². The maximum Gasteiger partial charge on any atom is 0.283 e. The van der Waals surface area contributed by atoms with Gasteiger partial charge in [0, 0.05) is 5.02 Å². The van der Waals surface area contributed by atoms with Gasteiger partial charge in [0.2, 0.25) is 0 Å². The Hall–Kier alpha value is -3.56. The number of fused-ring (bicyclic) bond motifs is 5. The van der Waals surface area contributed by atoms with Crippen molar-refractivity contribution in [2.45, 2.75) is 0 Å². The molecule has 1 aliphatic heterocycles. The molecule has 124 valence electrons. The number of halogens is 1. The number of carbonyl (C=O) groups is 2. The van der Waals surface area contributed by atoms with E-state index in [1.54, 1.807) is 28.7 Å². The lowest BCUT2D eigenvalue weighted by molar-refractivity contribution is 0.0924. The Bertz CT molecular complexity index is 1310. The zero-order valence-electron chi connectivity index (χ0n) is 13.2. The Morgan fingerprint density at radius 3 is 2.62 bits per heavy atom. The highest BCUT2D eigenvalue weighted by Crippen LogP contribution is 2.36. The fourth-order valence-electron chi connectivity index (χ4n) is 3.51. The molecule has 0 aliphatic carbocycles. The van der Waals surface area contributed by atoms with E-state index in [9.17, 15) is 14.9 Å². The molecule has 26 heavy (non-hydrogen) atoms. The van der Waals surface area contributed by atoms with Crippen LogP contribution in [0.4, 0.5) is 5.69 Å². The molecular formula is C19H9ClN4O2. The first-order chi connectivity index (χ1) is 12.6. The lowest BCUT2D eigenvalue weighted by atomic mass is 10.1. The van der Waals surface area contributed by atoms with Crippen LogP contribution in [0.15, 0.2) is 48.5 Å². The topological polar surface area (TPSA) is 81.4 Å². The summed E-state index contributed by atoms with van der Waals surface area (Å²) in [6.07, 6.45) is 0. The van der Waals surface area contributed by atoms with Gasteiger partial charge >= 0.3 is 0 Å². The number of para-hydroxylation sites is 2. The number of hydrogen-bond acceptors (Lipinski definition) is 3. The normalized spacial score (nSPS) is 13.6. The second-order valence-electron chi connectivity index (χ2n) is 5.96. The summed E-state index contributed by atoms with van der Waals surface area (Å²) >= 11 is 6.01. The Kier molecular flexibility index (Phi) is 2.82. The van der Waals surface area contributed by atoms with Gasteiger partial charge in [-0.05, 0) is 30.3 Å². The molecule has 1 aliphatic rings. The summed E-state index contributed by atoms with van der Waals surface area (Å²) in [6, 6.07) is 16.0. The number of imidazole rings is 1. The molecule has 7 heteroatoms. The van der Waals surface area contributed by atoms with Crippen LogP contribution >= 0.6 is 11.6 Å². The van der Waals surface area contributed by atoms with Crippen molar-refractivity contribution >= 4 is 45.8 Å². The number of hydrogen-bond donors (Lipinski definition) is 1.